The number of hydrogen-bond donors (Lipinski definition) is 0. The summed E-state index contributed by atoms with van der Waals surface area (Å²) in [4.78, 5) is 25.5. The first-order valence-electron chi connectivity index (χ1n) is 6.41. The van der Waals surface area contributed by atoms with E-state index in [9.17, 15) is 9.59 Å². The third-order valence-electron chi connectivity index (χ3n) is 3.58. The van der Waals surface area contributed by atoms with Crippen LogP contribution in [0.2, 0.25) is 0 Å². The predicted molar refractivity (Wildman–Crippen MR) is 71.8 cm³/mol. The van der Waals surface area contributed by atoms with Crippen LogP contribution in [-0.2, 0) is 9.53 Å². The van der Waals surface area contributed by atoms with Gasteiger partial charge in [0.15, 0.2) is 0 Å². The third-order valence-corrected chi connectivity index (χ3v) is 4.80. The third kappa shape index (κ3) is 2.82. The predicted octanol–water partition coefficient (Wildman–Crippen LogP) is 2.32. The van der Waals surface area contributed by atoms with E-state index in [1.54, 1.807) is 16.7 Å². The van der Waals surface area contributed by atoms with Crippen LogP contribution in [0.5, 0.6) is 0 Å². The maximum atomic E-state index is 11.9. The molecule has 2 heterocycles. The summed E-state index contributed by atoms with van der Waals surface area (Å²) in [5.41, 5.74) is -0.603. The van der Waals surface area contributed by atoms with Crippen LogP contribution in [-0.4, -0.2) is 47.0 Å². The Labute approximate surface area is 112 Å². The summed E-state index contributed by atoms with van der Waals surface area (Å²) in [6.07, 6.45) is 1.33. The van der Waals surface area contributed by atoms with E-state index in [0.29, 0.717) is 24.6 Å². The molecule has 0 aliphatic carbocycles. The summed E-state index contributed by atoms with van der Waals surface area (Å²) in [6.45, 7) is 6.89. The molecule has 2 fully saturated rings. The first-order chi connectivity index (χ1) is 8.32. The van der Waals surface area contributed by atoms with Gasteiger partial charge in [-0.1, -0.05) is 0 Å². The minimum absolute atomic E-state index is 0.150. The van der Waals surface area contributed by atoms with Gasteiger partial charge >= 0.3 is 6.09 Å². The molecule has 0 aromatic heterocycles. The molecule has 18 heavy (non-hydrogen) atoms. The zero-order valence-electron chi connectivity index (χ0n) is 11.3. The molecule has 102 valence electrons. The number of hydrogen-bond acceptors (Lipinski definition) is 4. The van der Waals surface area contributed by atoms with Crippen molar-refractivity contribution in [2.45, 2.75) is 39.2 Å². The van der Waals surface area contributed by atoms with Gasteiger partial charge in [-0.25, -0.2) is 4.79 Å². The molecule has 0 aromatic carbocycles. The summed E-state index contributed by atoms with van der Waals surface area (Å²) in [7, 11) is 0. The normalized spacial score (nSPS) is 23.5. The Morgan fingerprint density at radius 2 is 1.94 bits per heavy atom. The molecule has 0 unspecified atom stereocenters. The van der Waals surface area contributed by atoms with Crippen molar-refractivity contribution in [3.63, 3.8) is 0 Å². The summed E-state index contributed by atoms with van der Waals surface area (Å²) in [5, 5.41) is 0. The van der Waals surface area contributed by atoms with Crippen LogP contribution in [0, 0.1) is 5.41 Å². The molecular weight excluding hydrogens is 250 g/mol. The second-order valence-electron chi connectivity index (χ2n) is 6.16. The van der Waals surface area contributed by atoms with E-state index >= 15 is 0 Å². The van der Waals surface area contributed by atoms with Gasteiger partial charge in [-0.15, -0.1) is 0 Å². The van der Waals surface area contributed by atoms with Crippen molar-refractivity contribution >= 4 is 23.6 Å². The maximum absolute atomic E-state index is 11.9. The second kappa shape index (κ2) is 4.76. The van der Waals surface area contributed by atoms with Crippen LogP contribution < -0.4 is 0 Å². The highest BCUT2D eigenvalue weighted by Crippen LogP contribution is 2.41. The van der Waals surface area contributed by atoms with Crippen LogP contribution in [0.1, 0.15) is 33.6 Å². The standard InChI is InChI=1S/C13H21NO3S/c1-12(2,3)17-11(16)14-6-4-13(5-7-14)9-18-8-10(13)15/h4-9H2,1-3H3. The number of thioether (sulfide) groups is 1. The Bertz CT molecular complexity index is 354. The van der Waals surface area contributed by atoms with E-state index in [-0.39, 0.29) is 11.5 Å². The Hall–Kier alpha value is -0.710. The van der Waals surface area contributed by atoms with E-state index in [2.05, 4.69) is 0 Å². The SMILES string of the molecule is CC(C)(C)OC(=O)N1CCC2(CC1)CSCC2=O. The number of nitrogens with zero attached hydrogens (tertiary/aromatic N) is 1. The topological polar surface area (TPSA) is 46.6 Å². The van der Waals surface area contributed by atoms with Crippen LogP contribution >= 0.6 is 11.8 Å². The highest BCUT2D eigenvalue weighted by atomic mass is 32.2. The van der Waals surface area contributed by atoms with Gasteiger partial charge in [0.05, 0.1) is 5.75 Å². The Kier molecular flexibility index (Phi) is 3.63. The average molecular weight is 271 g/mol. The van der Waals surface area contributed by atoms with Gasteiger partial charge in [-0.3, -0.25) is 4.79 Å². The van der Waals surface area contributed by atoms with Crippen LogP contribution in [0.4, 0.5) is 4.79 Å². The zero-order valence-corrected chi connectivity index (χ0v) is 12.1. The molecule has 2 aliphatic rings. The molecule has 4 nitrogen and oxygen atoms in total. The van der Waals surface area contributed by atoms with Gasteiger partial charge in [-0.05, 0) is 33.6 Å². The highest BCUT2D eigenvalue weighted by molar-refractivity contribution is 8.00. The van der Waals surface area contributed by atoms with Crippen molar-refractivity contribution in [3.8, 4) is 0 Å². The van der Waals surface area contributed by atoms with Crippen molar-refractivity contribution < 1.29 is 14.3 Å². The summed E-state index contributed by atoms with van der Waals surface area (Å²) >= 11 is 1.72. The highest BCUT2D eigenvalue weighted by Gasteiger charge is 2.45. The van der Waals surface area contributed by atoms with Gasteiger partial charge in [0, 0.05) is 24.3 Å². The molecule has 0 N–H and O–H groups in total. The van der Waals surface area contributed by atoms with E-state index in [0.717, 1.165) is 18.6 Å². The summed E-state index contributed by atoms with van der Waals surface area (Å²) < 4.78 is 5.35. The number of Topliss-reactive ketones (excluding diaryl/α,β-unsaturated/α-hetero) is 1. The number of ether oxygens (including phenoxy) is 1. The molecule has 0 saturated carbocycles. The fourth-order valence-corrected chi connectivity index (χ4v) is 3.87. The molecule has 2 saturated heterocycles. The molecule has 1 amide bonds. The van der Waals surface area contributed by atoms with Crippen molar-refractivity contribution in [2.24, 2.45) is 5.41 Å². The smallest absolute Gasteiger partial charge is 0.410 e. The van der Waals surface area contributed by atoms with Crippen LogP contribution in [0.15, 0.2) is 0 Å². The number of piperidine rings is 1. The molecule has 0 radical (unpaired) electrons. The molecule has 0 aromatic rings. The quantitative estimate of drug-likeness (QED) is 0.678. The number of rotatable bonds is 0. The molecule has 2 rings (SSSR count). The number of ketones is 1. The summed E-state index contributed by atoms with van der Waals surface area (Å²) in [6, 6.07) is 0. The first kappa shape index (κ1) is 13.7. The fraction of sp³-hybridized carbons (Fsp3) is 0.846. The minimum Gasteiger partial charge on any atom is -0.444 e. The lowest BCUT2D eigenvalue weighted by atomic mass is 9.77. The minimum atomic E-state index is -0.453. The second-order valence-corrected chi connectivity index (χ2v) is 7.15. The largest absolute Gasteiger partial charge is 0.444 e. The first-order valence-corrected chi connectivity index (χ1v) is 7.57. The summed E-state index contributed by atoms with van der Waals surface area (Å²) in [5.74, 6) is 1.94. The van der Waals surface area contributed by atoms with Gasteiger partial charge in [0.1, 0.15) is 11.4 Å². The van der Waals surface area contributed by atoms with E-state index in [1.807, 2.05) is 20.8 Å². The monoisotopic (exact) mass is 271 g/mol. The van der Waals surface area contributed by atoms with Crippen molar-refractivity contribution in [1.82, 2.24) is 4.90 Å². The lowest BCUT2D eigenvalue weighted by Gasteiger charge is -2.38. The van der Waals surface area contributed by atoms with Gasteiger partial charge in [0.25, 0.3) is 0 Å². The van der Waals surface area contributed by atoms with Crippen LogP contribution in [0.3, 0.4) is 0 Å². The van der Waals surface area contributed by atoms with Crippen LogP contribution in [0.25, 0.3) is 0 Å². The van der Waals surface area contributed by atoms with E-state index < -0.39 is 5.60 Å². The van der Waals surface area contributed by atoms with Crippen molar-refractivity contribution in [1.29, 1.82) is 0 Å². The molecule has 2 aliphatic heterocycles. The van der Waals surface area contributed by atoms with Crippen molar-refractivity contribution in [2.75, 3.05) is 24.6 Å². The molecular formula is C13H21NO3S. The van der Waals surface area contributed by atoms with Gasteiger partial charge in [0.2, 0.25) is 0 Å². The number of carbonyl (C=O) groups excluding carboxylic acids is 2. The van der Waals surface area contributed by atoms with Gasteiger partial charge < -0.3 is 9.64 Å². The fourth-order valence-electron chi connectivity index (χ4n) is 2.44. The maximum Gasteiger partial charge on any atom is 0.410 e. The van der Waals surface area contributed by atoms with E-state index in [4.69, 9.17) is 4.74 Å². The van der Waals surface area contributed by atoms with Crippen molar-refractivity contribution in [3.05, 3.63) is 0 Å². The van der Waals surface area contributed by atoms with Gasteiger partial charge in [-0.2, -0.15) is 11.8 Å². The average Bonchev–Trinajstić information content (AvgIpc) is 2.59. The molecule has 5 heteroatoms. The lowest BCUT2D eigenvalue weighted by Crippen LogP contribution is -2.47. The lowest BCUT2D eigenvalue weighted by molar-refractivity contribution is -0.126. The Balaban J connectivity index is 1.91. The Morgan fingerprint density at radius 3 is 2.39 bits per heavy atom. The number of carbonyl (C=O) groups is 2. The van der Waals surface area contributed by atoms with E-state index in [1.165, 1.54) is 0 Å². The molecule has 0 atom stereocenters. The molecule has 0 bridgehead atoms. The number of likely N-dealkylation sites (tertiary alicyclic amines) is 1. The Morgan fingerprint density at radius 1 is 1.33 bits per heavy atom. The zero-order chi connectivity index (χ0) is 13.4. The molecule has 1 spiro atoms. The number of amides is 1.